The van der Waals surface area contributed by atoms with E-state index in [4.69, 9.17) is 11.6 Å². The summed E-state index contributed by atoms with van der Waals surface area (Å²) in [5.74, 6) is -1.02. The third-order valence-electron chi connectivity index (χ3n) is 8.17. The zero-order valence-electron chi connectivity index (χ0n) is 21.1. The van der Waals surface area contributed by atoms with Crippen LogP contribution >= 0.6 is 11.6 Å². The van der Waals surface area contributed by atoms with Crippen LogP contribution < -0.4 is 16.2 Å². The van der Waals surface area contributed by atoms with Crippen LogP contribution in [-0.2, 0) is 11.2 Å². The maximum absolute atomic E-state index is 14.9. The third-order valence-corrected chi connectivity index (χ3v) is 8.40. The van der Waals surface area contributed by atoms with Gasteiger partial charge in [-0.3, -0.25) is 14.4 Å². The van der Waals surface area contributed by atoms with Crippen molar-refractivity contribution < 1.29 is 14.0 Å². The average molecular weight is 538 g/mol. The van der Waals surface area contributed by atoms with Crippen molar-refractivity contribution in [2.45, 2.75) is 37.8 Å². The van der Waals surface area contributed by atoms with Gasteiger partial charge in [0, 0.05) is 31.2 Å². The Morgan fingerprint density at radius 2 is 2.00 bits per heavy atom. The second-order valence-electron chi connectivity index (χ2n) is 10.5. The summed E-state index contributed by atoms with van der Waals surface area (Å²) in [4.78, 5) is 45.4. The molecule has 10 heteroatoms. The molecule has 0 bridgehead atoms. The molecule has 1 saturated carbocycles. The van der Waals surface area contributed by atoms with Gasteiger partial charge in [0.25, 0.3) is 11.5 Å². The number of hydrogen-bond acceptors (Lipinski definition) is 5. The summed E-state index contributed by atoms with van der Waals surface area (Å²) in [6.07, 6.45) is 2.57. The second kappa shape index (κ2) is 9.39. The van der Waals surface area contributed by atoms with E-state index >= 15 is 0 Å². The zero-order chi connectivity index (χ0) is 26.6. The van der Waals surface area contributed by atoms with Crippen molar-refractivity contribution in [3.8, 4) is 0 Å². The van der Waals surface area contributed by atoms with Crippen LogP contribution in [0.4, 0.5) is 10.1 Å². The first kappa shape index (κ1) is 24.9. The molecule has 3 heterocycles. The van der Waals surface area contributed by atoms with Crippen molar-refractivity contribution in [3.63, 3.8) is 0 Å². The predicted molar refractivity (Wildman–Crippen MR) is 144 cm³/mol. The number of nitrogens with one attached hydrogen (secondary N) is 3. The van der Waals surface area contributed by atoms with E-state index in [0.29, 0.717) is 36.5 Å². The number of pyridine rings is 1. The van der Waals surface area contributed by atoms with Crippen LogP contribution in [0.15, 0.2) is 41.2 Å². The first-order valence-corrected chi connectivity index (χ1v) is 13.3. The molecule has 2 aliphatic heterocycles. The van der Waals surface area contributed by atoms with Gasteiger partial charge in [-0.1, -0.05) is 17.7 Å². The van der Waals surface area contributed by atoms with Gasteiger partial charge < -0.3 is 25.4 Å². The Kier molecular flexibility index (Phi) is 6.15. The van der Waals surface area contributed by atoms with E-state index < -0.39 is 11.4 Å². The van der Waals surface area contributed by atoms with Crippen LogP contribution in [0.3, 0.4) is 0 Å². The molecule has 3 N–H and O–H groups in total. The Labute approximate surface area is 224 Å². The summed E-state index contributed by atoms with van der Waals surface area (Å²) in [6.45, 7) is 4.43. The molecule has 1 aliphatic carbocycles. The molecule has 8 nitrogen and oxygen atoms in total. The number of benzene rings is 2. The molecule has 38 heavy (non-hydrogen) atoms. The van der Waals surface area contributed by atoms with E-state index in [1.54, 1.807) is 11.0 Å². The first-order valence-electron chi connectivity index (χ1n) is 13.0. The number of carbonyl (C=O) groups excluding carboxylic acids is 2. The zero-order valence-corrected chi connectivity index (χ0v) is 21.8. The fourth-order valence-corrected chi connectivity index (χ4v) is 6.04. The topological polar surface area (TPSA) is 97.5 Å². The molecule has 1 atom stereocenters. The largest absolute Gasteiger partial charge is 0.374 e. The quantitative estimate of drug-likeness (QED) is 0.473. The molecule has 0 radical (unpaired) electrons. The Bertz CT molecular complexity index is 1520. The van der Waals surface area contributed by atoms with Crippen molar-refractivity contribution in [1.82, 2.24) is 20.1 Å². The number of carbonyl (C=O) groups is 2. The minimum absolute atomic E-state index is 0.103. The molecule has 3 aromatic rings. The summed E-state index contributed by atoms with van der Waals surface area (Å²) in [6, 6.07) is 9.81. The Morgan fingerprint density at radius 3 is 2.79 bits per heavy atom. The van der Waals surface area contributed by atoms with Gasteiger partial charge in [-0.2, -0.15) is 0 Å². The fraction of sp³-hybridized carbons (Fsp3) is 0.393. The molecule has 1 saturated heterocycles. The van der Waals surface area contributed by atoms with Gasteiger partial charge in [0.05, 0.1) is 29.2 Å². The molecule has 2 amide bonds. The number of amides is 2. The van der Waals surface area contributed by atoms with Gasteiger partial charge in [0.1, 0.15) is 11.5 Å². The van der Waals surface area contributed by atoms with E-state index in [-0.39, 0.29) is 46.7 Å². The Morgan fingerprint density at radius 1 is 1.18 bits per heavy atom. The maximum atomic E-state index is 14.9. The SMILES string of the molecule is C[C@H]1c2ccc(Cl)cc2CCN1C(=O)CNc1cc2cc(C(=O)N3CCNCC34CC4)[nH]c(=O)c2cc1F. The van der Waals surface area contributed by atoms with Crippen LogP contribution in [-0.4, -0.2) is 64.9 Å². The predicted octanol–water partition coefficient (Wildman–Crippen LogP) is 3.46. The Hall–Kier alpha value is -3.43. The van der Waals surface area contributed by atoms with Crippen LogP contribution in [0.2, 0.25) is 5.02 Å². The van der Waals surface area contributed by atoms with Crippen LogP contribution in [0.25, 0.3) is 10.8 Å². The minimum Gasteiger partial charge on any atom is -0.374 e. The Balaban J connectivity index is 1.21. The number of anilines is 1. The molecule has 6 rings (SSSR count). The molecule has 3 aliphatic rings. The normalized spacial score (nSPS) is 19.9. The van der Waals surface area contributed by atoms with Gasteiger partial charge in [-0.25, -0.2) is 4.39 Å². The van der Waals surface area contributed by atoms with Crippen molar-refractivity contribution in [2.75, 3.05) is 38.0 Å². The molecule has 2 fully saturated rings. The van der Waals surface area contributed by atoms with E-state index in [2.05, 4.69) is 15.6 Å². The van der Waals surface area contributed by atoms with Gasteiger partial charge in [-0.15, -0.1) is 0 Å². The number of rotatable bonds is 4. The summed E-state index contributed by atoms with van der Waals surface area (Å²) < 4.78 is 14.9. The van der Waals surface area contributed by atoms with E-state index in [1.807, 2.05) is 30.0 Å². The van der Waals surface area contributed by atoms with Crippen molar-refractivity contribution >= 4 is 39.9 Å². The highest BCUT2D eigenvalue weighted by atomic mass is 35.5. The maximum Gasteiger partial charge on any atom is 0.270 e. The van der Waals surface area contributed by atoms with Crippen molar-refractivity contribution in [1.29, 1.82) is 0 Å². The fourth-order valence-electron chi connectivity index (χ4n) is 5.85. The number of aromatic nitrogens is 1. The molecule has 1 aromatic heterocycles. The third kappa shape index (κ3) is 4.33. The first-order chi connectivity index (χ1) is 18.3. The summed E-state index contributed by atoms with van der Waals surface area (Å²) in [5, 5.41) is 7.50. The lowest BCUT2D eigenvalue weighted by Gasteiger charge is -2.36. The highest BCUT2D eigenvalue weighted by Crippen LogP contribution is 2.43. The molecule has 1 spiro atoms. The highest BCUT2D eigenvalue weighted by Gasteiger charge is 2.51. The lowest BCUT2D eigenvalue weighted by atomic mass is 9.93. The molecule has 2 aromatic carbocycles. The van der Waals surface area contributed by atoms with E-state index in [9.17, 15) is 18.8 Å². The number of fused-ring (bicyclic) bond motifs is 2. The minimum atomic E-state index is -0.638. The van der Waals surface area contributed by atoms with Gasteiger partial charge in [0.15, 0.2) is 0 Å². The van der Waals surface area contributed by atoms with Crippen molar-refractivity contribution in [3.05, 3.63) is 74.4 Å². The number of nitrogens with zero attached hydrogens (tertiary/aromatic N) is 2. The summed E-state index contributed by atoms with van der Waals surface area (Å²) in [7, 11) is 0. The van der Waals surface area contributed by atoms with Crippen LogP contribution in [0, 0.1) is 5.82 Å². The average Bonchev–Trinajstić information content (AvgIpc) is 3.67. The second-order valence-corrected chi connectivity index (χ2v) is 10.9. The van der Waals surface area contributed by atoms with E-state index in [1.165, 1.54) is 6.07 Å². The van der Waals surface area contributed by atoms with Gasteiger partial charge >= 0.3 is 0 Å². The summed E-state index contributed by atoms with van der Waals surface area (Å²) >= 11 is 6.12. The van der Waals surface area contributed by atoms with Crippen LogP contribution in [0.1, 0.15) is 47.4 Å². The van der Waals surface area contributed by atoms with Crippen molar-refractivity contribution in [2.24, 2.45) is 0 Å². The standard InChI is InChI=1S/C28H29ClFN5O3/c1-16-20-3-2-19(29)10-17(20)4-8-34(16)25(36)14-32-23-11-18-12-24(33-26(37)21(18)13-22(23)30)27(38)35-9-7-31-15-28(35)5-6-28/h2-3,10-13,16,31-32H,4-9,14-15H2,1H3,(H,33,37)/t16-/m0/s1. The molecule has 198 valence electrons. The monoisotopic (exact) mass is 537 g/mol. The lowest BCUT2D eigenvalue weighted by Crippen LogP contribution is -2.55. The smallest absolute Gasteiger partial charge is 0.270 e. The lowest BCUT2D eigenvalue weighted by molar-refractivity contribution is -0.131. The number of aromatic amines is 1. The van der Waals surface area contributed by atoms with Crippen LogP contribution in [0.5, 0.6) is 0 Å². The number of H-pyrrole nitrogens is 1. The molecule has 0 unspecified atom stereocenters. The van der Waals surface area contributed by atoms with Gasteiger partial charge in [-0.05, 0) is 73.0 Å². The molecular formula is C28H29ClFN5O3. The summed E-state index contributed by atoms with van der Waals surface area (Å²) in [5.41, 5.74) is 1.78. The number of piperazine rings is 1. The van der Waals surface area contributed by atoms with Gasteiger partial charge in [0.2, 0.25) is 5.91 Å². The number of hydrogen-bond donors (Lipinski definition) is 3. The molecular weight excluding hydrogens is 509 g/mol. The highest BCUT2D eigenvalue weighted by molar-refractivity contribution is 6.30. The number of halogens is 2. The van der Waals surface area contributed by atoms with E-state index in [0.717, 1.165) is 36.6 Å².